The maximum atomic E-state index is 13.6. The molecule has 2 heterocycles. The van der Waals surface area contributed by atoms with Crippen LogP contribution < -0.4 is 0 Å². The molecule has 9 heteroatoms. The molecule has 0 radical (unpaired) electrons. The van der Waals surface area contributed by atoms with Crippen molar-refractivity contribution in [2.45, 2.75) is 19.5 Å². The van der Waals surface area contributed by atoms with Gasteiger partial charge in [0.25, 0.3) is 5.91 Å². The third-order valence-electron chi connectivity index (χ3n) is 5.95. The molecular formula is C25H17Cl4N3O2. The summed E-state index contributed by atoms with van der Waals surface area (Å²) >= 11 is 25.3. The van der Waals surface area contributed by atoms with Crippen molar-refractivity contribution in [2.75, 3.05) is 0 Å². The molecule has 0 saturated carbocycles. The number of nitrogens with zero attached hydrogens (tertiary/aromatic N) is 2. The average molecular weight is 533 g/mol. The van der Waals surface area contributed by atoms with Gasteiger partial charge in [0.05, 0.1) is 16.1 Å². The number of rotatable bonds is 4. The number of carbonyl (C=O) groups excluding carboxylic acids is 1. The van der Waals surface area contributed by atoms with Crippen molar-refractivity contribution in [3.63, 3.8) is 0 Å². The lowest BCUT2D eigenvalue weighted by atomic mass is 9.95. The Kier molecular flexibility index (Phi) is 5.98. The molecule has 5 nitrogen and oxygen atoms in total. The summed E-state index contributed by atoms with van der Waals surface area (Å²) in [6.45, 7) is 2.06. The molecule has 34 heavy (non-hydrogen) atoms. The summed E-state index contributed by atoms with van der Waals surface area (Å²) in [6, 6.07) is 15.3. The van der Waals surface area contributed by atoms with Crippen LogP contribution in [0.3, 0.4) is 0 Å². The summed E-state index contributed by atoms with van der Waals surface area (Å²) in [7, 11) is 0. The molecule has 5 rings (SSSR count). The van der Waals surface area contributed by atoms with E-state index in [-0.39, 0.29) is 18.2 Å². The zero-order valence-corrected chi connectivity index (χ0v) is 20.8. The van der Waals surface area contributed by atoms with Crippen LogP contribution in [0.4, 0.5) is 0 Å². The third-order valence-corrected chi connectivity index (χ3v) is 7.47. The fourth-order valence-corrected chi connectivity index (χ4v) is 4.93. The van der Waals surface area contributed by atoms with E-state index in [1.807, 2.05) is 24.3 Å². The van der Waals surface area contributed by atoms with Gasteiger partial charge in [-0.15, -0.1) is 0 Å². The molecule has 4 aromatic rings. The molecule has 1 amide bonds. The maximum Gasteiger partial charge on any atom is 0.273 e. The van der Waals surface area contributed by atoms with Crippen LogP contribution in [0.5, 0.6) is 5.75 Å². The van der Waals surface area contributed by atoms with E-state index in [0.29, 0.717) is 42.6 Å². The number of benzene rings is 3. The highest BCUT2D eigenvalue weighted by atomic mass is 35.5. The molecule has 0 aliphatic carbocycles. The number of H-pyrrole nitrogens is 1. The summed E-state index contributed by atoms with van der Waals surface area (Å²) in [5.41, 5.74) is 4.07. The first-order chi connectivity index (χ1) is 16.3. The number of phenols is 1. The molecule has 172 valence electrons. The first-order valence-electron chi connectivity index (χ1n) is 10.3. The van der Waals surface area contributed by atoms with Gasteiger partial charge >= 0.3 is 0 Å². The van der Waals surface area contributed by atoms with E-state index in [1.165, 1.54) is 0 Å². The van der Waals surface area contributed by atoms with E-state index in [1.54, 1.807) is 42.2 Å². The Morgan fingerprint density at radius 2 is 1.74 bits per heavy atom. The van der Waals surface area contributed by atoms with Gasteiger partial charge < -0.3 is 10.0 Å². The van der Waals surface area contributed by atoms with Crippen molar-refractivity contribution < 1.29 is 9.90 Å². The number of hydrogen-bond donors (Lipinski definition) is 2. The number of aryl methyl sites for hydroxylation is 1. The van der Waals surface area contributed by atoms with Gasteiger partial charge in [-0.2, -0.15) is 5.10 Å². The Hall–Kier alpha value is -2.70. The molecule has 1 unspecified atom stereocenters. The number of nitrogens with one attached hydrogen (secondary N) is 1. The Morgan fingerprint density at radius 3 is 2.47 bits per heavy atom. The highest BCUT2D eigenvalue weighted by Gasteiger charge is 2.43. The van der Waals surface area contributed by atoms with Crippen LogP contribution in [0, 0.1) is 6.92 Å². The molecule has 1 atom stereocenters. The summed E-state index contributed by atoms with van der Waals surface area (Å²) in [5.74, 6) is -0.233. The summed E-state index contributed by atoms with van der Waals surface area (Å²) in [6.07, 6.45) is 0. The molecule has 0 bridgehead atoms. The van der Waals surface area contributed by atoms with E-state index >= 15 is 0 Å². The predicted octanol–water partition coefficient (Wildman–Crippen LogP) is 7.45. The number of fused-ring (bicyclic) bond motifs is 1. The molecular weight excluding hydrogens is 516 g/mol. The highest BCUT2D eigenvalue weighted by Crippen LogP contribution is 2.46. The molecule has 0 saturated heterocycles. The zero-order chi connectivity index (χ0) is 24.1. The zero-order valence-electron chi connectivity index (χ0n) is 17.7. The fourth-order valence-electron chi connectivity index (χ4n) is 4.26. The predicted molar refractivity (Wildman–Crippen MR) is 135 cm³/mol. The maximum absolute atomic E-state index is 13.6. The molecule has 1 aromatic heterocycles. The van der Waals surface area contributed by atoms with E-state index < -0.39 is 6.04 Å². The van der Waals surface area contributed by atoms with Crippen molar-refractivity contribution in [3.8, 4) is 17.0 Å². The second kappa shape index (κ2) is 8.82. The molecule has 1 aliphatic heterocycles. The largest absolute Gasteiger partial charge is 0.507 e. The van der Waals surface area contributed by atoms with Gasteiger partial charge in [0.1, 0.15) is 17.1 Å². The highest BCUT2D eigenvalue weighted by molar-refractivity contribution is 6.42. The number of phenolic OH excluding ortho intramolecular Hbond substituents is 1. The van der Waals surface area contributed by atoms with Crippen LogP contribution in [0.25, 0.3) is 11.3 Å². The number of amides is 1. The topological polar surface area (TPSA) is 69.2 Å². The molecule has 3 aromatic carbocycles. The third kappa shape index (κ3) is 3.83. The summed E-state index contributed by atoms with van der Waals surface area (Å²) < 4.78 is 0. The van der Waals surface area contributed by atoms with Crippen LogP contribution >= 0.6 is 46.4 Å². The molecule has 1 aliphatic rings. The monoisotopic (exact) mass is 531 g/mol. The van der Waals surface area contributed by atoms with Gasteiger partial charge in [-0.05, 0) is 53.9 Å². The van der Waals surface area contributed by atoms with Crippen LogP contribution in [0.2, 0.25) is 20.1 Å². The van der Waals surface area contributed by atoms with E-state index in [4.69, 9.17) is 46.4 Å². The number of aromatic amines is 1. The number of carbonyl (C=O) groups is 1. The van der Waals surface area contributed by atoms with Gasteiger partial charge in [0.15, 0.2) is 0 Å². The van der Waals surface area contributed by atoms with Gasteiger partial charge in [-0.1, -0.05) is 70.7 Å². The van der Waals surface area contributed by atoms with E-state index in [0.717, 1.165) is 16.7 Å². The van der Waals surface area contributed by atoms with Crippen molar-refractivity contribution in [1.82, 2.24) is 15.1 Å². The summed E-state index contributed by atoms with van der Waals surface area (Å²) in [4.78, 5) is 15.3. The minimum Gasteiger partial charge on any atom is -0.507 e. The van der Waals surface area contributed by atoms with Crippen LogP contribution in [0.15, 0.2) is 54.6 Å². The Morgan fingerprint density at radius 1 is 0.971 bits per heavy atom. The number of hydrogen-bond acceptors (Lipinski definition) is 3. The number of halogens is 4. The van der Waals surface area contributed by atoms with Crippen molar-refractivity contribution in [3.05, 3.63) is 103 Å². The smallest absolute Gasteiger partial charge is 0.273 e. The van der Waals surface area contributed by atoms with E-state index in [9.17, 15) is 9.90 Å². The van der Waals surface area contributed by atoms with Crippen LogP contribution in [-0.2, 0) is 6.54 Å². The average Bonchev–Trinajstić information content (AvgIpc) is 3.34. The number of aromatic nitrogens is 2. The van der Waals surface area contributed by atoms with Crippen LogP contribution in [-0.4, -0.2) is 26.1 Å². The Bertz CT molecular complexity index is 1450. The van der Waals surface area contributed by atoms with Crippen molar-refractivity contribution in [2.24, 2.45) is 0 Å². The van der Waals surface area contributed by atoms with Gasteiger partial charge in [-0.25, -0.2) is 0 Å². The minimum atomic E-state index is -0.554. The van der Waals surface area contributed by atoms with Crippen molar-refractivity contribution in [1.29, 1.82) is 0 Å². The minimum absolute atomic E-state index is 0.0149. The quantitative estimate of drug-likeness (QED) is 0.286. The molecule has 2 N–H and O–H groups in total. The lowest BCUT2D eigenvalue weighted by molar-refractivity contribution is 0.0730. The first kappa shape index (κ1) is 23.1. The normalized spacial score (nSPS) is 15.1. The lowest BCUT2D eigenvalue weighted by Crippen LogP contribution is -2.29. The van der Waals surface area contributed by atoms with E-state index in [2.05, 4.69) is 10.2 Å². The molecule has 0 fully saturated rings. The number of aromatic hydroxyl groups is 1. The second-order valence-electron chi connectivity index (χ2n) is 8.08. The van der Waals surface area contributed by atoms with Gasteiger partial charge in [0.2, 0.25) is 0 Å². The Labute approximate surface area is 215 Å². The Balaban J connectivity index is 1.70. The SMILES string of the molecule is Cc1cc(O)c(-c2n[nH]c3c2C(c2ccc(Cl)c(Cl)c2)N(Cc2ccccc2Cl)C3=O)cc1Cl. The summed E-state index contributed by atoms with van der Waals surface area (Å²) in [5, 5.41) is 19.8. The van der Waals surface area contributed by atoms with Crippen molar-refractivity contribution >= 4 is 52.3 Å². The van der Waals surface area contributed by atoms with Gasteiger partial charge in [0, 0.05) is 27.7 Å². The second-order valence-corrected chi connectivity index (χ2v) is 9.71. The lowest BCUT2D eigenvalue weighted by Gasteiger charge is -2.27. The van der Waals surface area contributed by atoms with Gasteiger partial charge in [-0.3, -0.25) is 9.89 Å². The molecule has 0 spiro atoms. The standard InChI is InChI=1S/C25H17Cl4N3O2/c1-12-8-20(33)15(10-18(12)28)22-21-23(31-30-22)25(34)32(11-14-4-2-3-5-16(14)26)24(21)13-6-7-17(27)19(29)9-13/h2-10,24,33H,11H2,1H3,(H,30,31). The fraction of sp³-hybridized carbons (Fsp3) is 0.120. The van der Waals surface area contributed by atoms with Crippen LogP contribution in [0.1, 0.15) is 38.8 Å². The first-order valence-corrected chi connectivity index (χ1v) is 11.8.